The summed E-state index contributed by atoms with van der Waals surface area (Å²) in [7, 11) is 3.07. The zero-order valence-electron chi connectivity index (χ0n) is 22.2. The molecule has 11 nitrogen and oxygen atoms in total. The Morgan fingerprint density at radius 2 is 1.90 bits per heavy atom. The molecule has 2 aromatic heterocycles. The van der Waals surface area contributed by atoms with Crippen LogP contribution in [0.3, 0.4) is 0 Å². The van der Waals surface area contributed by atoms with E-state index in [-0.39, 0.29) is 11.8 Å². The van der Waals surface area contributed by atoms with Crippen LogP contribution in [-0.4, -0.2) is 69.9 Å². The fourth-order valence-electron chi connectivity index (χ4n) is 4.87. The molecular weight excluding hydrogens is 524 g/mol. The first kappa shape index (κ1) is 27.2. The minimum atomic E-state index is -0.938. The molecule has 0 spiro atoms. The van der Waals surface area contributed by atoms with E-state index in [2.05, 4.69) is 25.7 Å². The molecule has 3 heterocycles. The lowest BCUT2D eigenvalue weighted by Gasteiger charge is -2.21. The van der Waals surface area contributed by atoms with Crippen LogP contribution in [0.25, 0.3) is 17.3 Å². The van der Waals surface area contributed by atoms with E-state index in [4.69, 9.17) is 9.15 Å². The number of nitrogens with one attached hydrogen (secondary N) is 2. The number of benzene rings is 2. The van der Waals surface area contributed by atoms with Crippen molar-refractivity contribution in [1.82, 2.24) is 29.8 Å². The Morgan fingerprint density at radius 3 is 2.58 bits per heavy atom. The second-order valence-corrected chi connectivity index (χ2v) is 9.60. The van der Waals surface area contributed by atoms with Gasteiger partial charge < -0.3 is 14.5 Å². The molecule has 40 heavy (non-hydrogen) atoms. The number of hydrogen-bond donors (Lipinski definition) is 2. The van der Waals surface area contributed by atoms with Crippen molar-refractivity contribution in [2.45, 2.75) is 18.9 Å². The fourth-order valence-corrected chi connectivity index (χ4v) is 4.87. The molecule has 1 aliphatic rings. The van der Waals surface area contributed by atoms with Gasteiger partial charge in [0.1, 0.15) is 5.82 Å². The zero-order chi connectivity index (χ0) is 28.4. The summed E-state index contributed by atoms with van der Waals surface area (Å²) >= 11 is 0. The summed E-state index contributed by atoms with van der Waals surface area (Å²) in [5, 5.41) is 14.6. The van der Waals surface area contributed by atoms with Crippen molar-refractivity contribution in [2.24, 2.45) is 7.05 Å². The van der Waals surface area contributed by atoms with E-state index >= 15 is 0 Å². The van der Waals surface area contributed by atoms with E-state index in [1.54, 1.807) is 14.0 Å². The van der Waals surface area contributed by atoms with E-state index in [9.17, 15) is 18.4 Å². The van der Waals surface area contributed by atoms with Gasteiger partial charge in [-0.15, -0.1) is 5.10 Å². The minimum Gasteiger partial charge on any atom is -0.386 e. The standard InChI is InChI=1S/C27H29F2N7O4/c1-16-23(25-33-34(2)27(38)40-25)32-36(18-7-5-4-6-8-18)24(16)31-26(37)30-22-15-35(11-12-39-3)14-19(22)17-9-10-20(28)21(29)13-17/h4-10,13,19,22H,11-12,14-15H2,1-3H3,(H2,30,31,37). The Morgan fingerprint density at radius 1 is 1.12 bits per heavy atom. The van der Waals surface area contributed by atoms with E-state index in [1.165, 1.54) is 23.9 Å². The smallest absolute Gasteiger partial charge is 0.386 e. The number of carbonyl (C=O) groups is 1. The highest BCUT2D eigenvalue weighted by molar-refractivity contribution is 5.90. The summed E-state index contributed by atoms with van der Waals surface area (Å²) in [5.41, 5.74) is 2.08. The molecule has 2 N–H and O–H groups in total. The predicted molar refractivity (Wildman–Crippen MR) is 142 cm³/mol. The zero-order valence-corrected chi connectivity index (χ0v) is 22.2. The second-order valence-electron chi connectivity index (χ2n) is 9.60. The number of amides is 2. The normalized spacial score (nSPS) is 17.3. The lowest BCUT2D eigenvalue weighted by atomic mass is 9.94. The summed E-state index contributed by atoms with van der Waals surface area (Å²) < 4.78 is 40.7. The van der Waals surface area contributed by atoms with Gasteiger partial charge in [-0.25, -0.2) is 23.1 Å². The highest BCUT2D eigenvalue weighted by atomic mass is 19.2. The molecule has 0 aliphatic carbocycles. The van der Waals surface area contributed by atoms with Crippen LogP contribution in [0.5, 0.6) is 0 Å². The number of methoxy groups -OCH3 is 1. The second kappa shape index (κ2) is 11.4. The summed E-state index contributed by atoms with van der Waals surface area (Å²) in [6.07, 6.45) is 0. The van der Waals surface area contributed by atoms with Crippen LogP contribution < -0.4 is 16.4 Å². The molecule has 2 aromatic carbocycles. The van der Waals surface area contributed by atoms with Crippen LogP contribution >= 0.6 is 0 Å². The third-order valence-corrected chi connectivity index (χ3v) is 6.94. The van der Waals surface area contributed by atoms with Gasteiger partial charge in [0.15, 0.2) is 17.3 Å². The lowest BCUT2D eigenvalue weighted by Crippen LogP contribution is -2.42. The van der Waals surface area contributed by atoms with Crippen LogP contribution in [0, 0.1) is 18.6 Å². The number of para-hydroxylation sites is 1. The molecule has 0 saturated carbocycles. The third kappa shape index (κ3) is 5.51. The highest BCUT2D eigenvalue weighted by Crippen LogP contribution is 2.31. The summed E-state index contributed by atoms with van der Waals surface area (Å²) in [4.78, 5) is 27.4. The van der Waals surface area contributed by atoms with Crippen molar-refractivity contribution in [2.75, 3.05) is 38.7 Å². The van der Waals surface area contributed by atoms with Crippen LogP contribution in [-0.2, 0) is 11.8 Å². The number of anilines is 1. The maximum Gasteiger partial charge on any atom is 0.437 e. The average molecular weight is 554 g/mol. The van der Waals surface area contributed by atoms with Gasteiger partial charge in [0, 0.05) is 45.3 Å². The first-order chi connectivity index (χ1) is 19.2. The lowest BCUT2D eigenvalue weighted by molar-refractivity contribution is 0.159. The van der Waals surface area contributed by atoms with Gasteiger partial charge in [0.05, 0.1) is 18.3 Å². The number of aromatic nitrogens is 4. The third-order valence-electron chi connectivity index (χ3n) is 6.94. The van der Waals surface area contributed by atoms with Crippen molar-refractivity contribution in [3.63, 3.8) is 0 Å². The summed E-state index contributed by atoms with van der Waals surface area (Å²) in [6.45, 7) is 3.86. The predicted octanol–water partition coefficient (Wildman–Crippen LogP) is 3.05. The molecule has 5 rings (SSSR count). The van der Waals surface area contributed by atoms with Gasteiger partial charge >= 0.3 is 11.8 Å². The molecule has 2 amide bonds. The summed E-state index contributed by atoms with van der Waals surface area (Å²) in [5.74, 6) is -2.41. The number of rotatable bonds is 8. The SMILES string of the molecule is COCCN1CC(NC(=O)Nc2c(C)c(-c3nn(C)c(=O)o3)nn2-c2ccccc2)C(c2ccc(F)c(F)c2)C1. The monoisotopic (exact) mass is 553 g/mol. The molecule has 1 aliphatic heterocycles. The number of hydrogen-bond acceptors (Lipinski definition) is 7. The Balaban J connectivity index is 1.43. The number of urea groups is 1. The molecule has 0 bridgehead atoms. The molecule has 0 radical (unpaired) electrons. The Bertz CT molecular complexity index is 1570. The topological polar surface area (TPSA) is 119 Å². The molecule has 13 heteroatoms. The first-order valence-corrected chi connectivity index (χ1v) is 12.7. The fraction of sp³-hybridized carbons (Fsp3) is 0.333. The number of ether oxygens (including phenoxy) is 1. The largest absolute Gasteiger partial charge is 0.437 e. The first-order valence-electron chi connectivity index (χ1n) is 12.7. The van der Waals surface area contributed by atoms with Crippen molar-refractivity contribution < 1.29 is 22.7 Å². The molecule has 4 aromatic rings. The maximum atomic E-state index is 14.1. The van der Waals surface area contributed by atoms with E-state index in [1.807, 2.05) is 30.3 Å². The van der Waals surface area contributed by atoms with Crippen molar-refractivity contribution in [3.8, 4) is 17.3 Å². The molecule has 210 valence electrons. The minimum absolute atomic E-state index is 0.0196. The number of likely N-dealkylation sites (tertiary alicyclic amines) is 1. The van der Waals surface area contributed by atoms with Gasteiger partial charge in [-0.05, 0) is 36.8 Å². The maximum absolute atomic E-state index is 14.1. The van der Waals surface area contributed by atoms with Crippen LogP contribution in [0.15, 0.2) is 57.7 Å². The van der Waals surface area contributed by atoms with Crippen molar-refractivity contribution in [3.05, 3.63) is 81.8 Å². The van der Waals surface area contributed by atoms with E-state index in [0.717, 1.165) is 10.7 Å². The number of nitrogens with zero attached hydrogens (tertiary/aromatic N) is 5. The van der Waals surface area contributed by atoms with Gasteiger partial charge in [0.25, 0.3) is 5.89 Å². The number of aryl methyl sites for hydroxylation is 1. The number of carbonyl (C=O) groups excluding carboxylic acids is 1. The summed E-state index contributed by atoms with van der Waals surface area (Å²) in [6, 6.07) is 12.0. The Labute approximate surface area is 228 Å². The van der Waals surface area contributed by atoms with E-state index in [0.29, 0.717) is 54.6 Å². The Kier molecular flexibility index (Phi) is 7.76. The van der Waals surface area contributed by atoms with Gasteiger partial charge in [-0.2, -0.15) is 9.78 Å². The number of halogens is 2. The molecule has 1 saturated heterocycles. The molecule has 1 fully saturated rings. The van der Waals surface area contributed by atoms with Gasteiger partial charge in [0.2, 0.25) is 0 Å². The quantitative estimate of drug-likeness (QED) is 0.344. The van der Waals surface area contributed by atoms with Gasteiger partial charge in [-0.1, -0.05) is 24.3 Å². The molecule has 2 unspecified atom stereocenters. The Hall–Kier alpha value is -4.36. The highest BCUT2D eigenvalue weighted by Gasteiger charge is 2.35. The van der Waals surface area contributed by atoms with Crippen LogP contribution in [0.4, 0.5) is 19.4 Å². The van der Waals surface area contributed by atoms with Crippen molar-refractivity contribution >= 4 is 11.8 Å². The van der Waals surface area contributed by atoms with E-state index < -0.39 is 29.5 Å². The molecule has 2 atom stereocenters. The average Bonchev–Trinajstić information content (AvgIpc) is 3.60. The van der Waals surface area contributed by atoms with Crippen LogP contribution in [0.2, 0.25) is 0 Å². The van der Waals surface area contributed by atoms with Gasteiger partial charge in [-0.3, -0.25) is 10.2 Å². The van der Waals surface area contributed by atoms with Crippen molar-refractivity contribution in [1.29, 1.82) is 0 Å². The van der Waals surface area contributed by atoms with Crippen LogP contribution in [0.1, 0.15) is 17.0 Å². The molecular formula is C27H29F2N7O4.